The van der Waals surface area contributed by atoms with Gasteiger partial charge in [-0.05, 0) is 24.3 Å². The Kier molecular flexibility index (Phi) is 4.77. The van der Waals surface area contributed by atoms with Crippen molar-refractivity contribution in [2.24, 2.45) is 0 Å². The largest absolute Gasteiger partial charge is 0.354 e. The third-order valence-electron chi connectivity index (χ3n) is 2.51. The number of rotatable bonds is 4. The predicted molar refractivity (Wildman–Crippen MR) is 85.0 cm³/mol. The summed E-state index contributed by atoms with van der Waals surface area (Å²) < 4.78 is 26.8. The minimum Gasteiger partial charge on any atom is -0.354 e. The number of halogens is 2. The Morgan fingerprint density at radius 2 is 1.95 bits per heavy atom. The average molecular weight is 365 g/mol. The molecule has 0 saturated carbocycles. The van der Waals surface area contributed by atoms with Crippen LogP contribution in [0, 0.1) is 0 Å². The fourth-order valence-electron chi connectivity index (χ4n) is 1.48. The molecule has 0 fully saturated rings. The maximum absolute atomic E-state index is 12.3. The van der Waals surface area contributed by atoms with Crippen LogP contribution < -0.4 is 10.0 Å². The van der Waals surface area contributed by atoms with Crippen LogP contribution in [0.15, 0.2) is 34.5 Å². The molecule has 2 rings (SSSR count). The van der Waals surface area contributed by atoms with E-state index < -0.39 is 10.0 Å². The van der Waals surface area contributed by atoms with Gasteiger partial charge in [0.2, 0.25) is 0 Å². The van der Waals surface area contributed by atoms with Crippen molar-refractivity contribution in [1.29, 1.82) is 0 Å². The minimum atomic E-state index is -3.84. The van der Waals surface area contributed by atoms with E-state index in [1.807, 2.05) is 0 Å². The Balaban J connectivity index is 2.32. The van der Waals surface area contributed by atoms with Gasteiger partial charge in [-0.1, -0.05) is 23.2 Å². The molecule has 0 saturated heterocycles. The zero-order valence-corrected chi connectivity index (χ0v) is 13.8. The maximum Gasteiger partial charge on any atom is 0.262 e. The first-order valence-corrected chi connectivity index (χ1v) is 8.74. The Labute approximate surface area is 135 Å². The first-order valence-electron chi connectivity index (χ1n) is 5.62. The third kappa shape index (κ3) is 3.68. The van der Waals surface area contributed by atoms with E-state index in [9.17, 15) is 13.2 Å². The molecule has 2 N–H and O–H groups in total. The van der Waals surface area contributed by atoms with Gasteiger partial charge in [0.25, 0.3) is 15.9 Å². The summed E-state index contributed by atoms with van der Waals surface area (Å²) in [6, 6.07) is 5.75. The predicted octanol–water partition coefficient (Wildman–Crippen LogP) is 3.22. The number of hydrogen-bond acceptors (Lipinski definition) is 4. The molecule has 9 heteroatoms. The lowest BCUT2D eigenvalue weighted by molar-refractivity contribution is 0.0967. The zero-order valence-electron chi connectivity index (χ0n) is 10.7. The fraction of sp³-hybridized carbons (Fsp3) is 0.0833. The fourth-order valence-corrected chi connectivity index (χ4v) is 4.16. The van der Waals surface area contributed by atoms with Crippen LogP contribution >= 0.6 is 34.5 Å². The number of hydrogen-bond donors (Lipinski definition) is 2. The second kappa shape index (κ2) is 6.23. The van der Waals surface area contributed by atoms with Gasteiger partial charge >= 0.3 is 0 Å². The first-order chi connectivity index (χ1) is 9.83. The van der Waals surface area contributed by atoms with Crippen LogP contribution in [0.25, 0.3) is 0 Å². The summed E-state index contributed by atoms with van der Waals surface area (Å²) in [7, 11) is -2.36. The molecule has 1 heterocycles. The summed E-state index contributed by atoms with van der Waals surface area (Å²) in [4.78, 5) is 11.7. The molecule has 112 valence electrons. The highest BCUT2D eigenvalue weighted by Gasteiger charge is 2.19. The molecule has 0 radical (unpaired) electrons. The molecular formula is C12H10Cl2N2O3S2. The van der Waals surface area contributed by atoms with E-state index in [-0.39, 0.29) is 21.5 Å². The number of nitrogens with one attached hydrogen (secondary N) is 2. The molecule has 5 nitrogen and oxygen atoms in total. The second-order valence-electron chi connectivity index (χ2n) is 3.96. The highest BCUT2D eigenvalue weighted by Crippen LogP contribution is 2.28. The summed E-state index contributed by atoms with van der Waals surface area (Å²) >= 11 is 12.8. The third-order valence-corrected chi connectivity index (χ3v) is 5.50. The average Bonchev–Trinajstić information content (AvgIpc) is 2.92. The van der Waals surface area contributed by atoms with Crippen LogP contribution in [0.2, 0.25) is 10.0 Å². The van der Waals surface area contributed by atoms with Gasteiger partial charge in [-0.2, -0.15) is 0 Å². The van der Waals surface area contributed by atoms with Crippen molar-refractivity contribution in [2.45, 2.75) is 4.90 Å². The summed E-state index contributed by atoms with van der Waals surface area (Å²) in [6.45, 7) is 0. The van der Waals surface area contributed by atoms with Crippen LogP contribution in [-0.4, -0.2) is 21.4 Å². The Morgan fingerprint density at radius 3 is 2.62 bits per heavy atom. The molecule has 0 aliphatic rings. The molecule has 0 unspecified atom stereocenters. The lowest BCUT2D eigenvalue weighted by Gasteiger charge is -2.08. The lowest BCUT2D eigenvalue weighted by atomic mass is 10.3. The van der Waals surface area contributed by atoms with Gasteiger partial charge in [-0.25, -0.2) is 8.42 Å². The standard InChI is InChI=1S/C12H10Cl2N2O3S2/c1-15-12(17)11-5-8(6-20-11)21(18,19)16-10-4-7(13)2-3-9(10)14/h2-6,16H,1H3,(H,15,17). The van der Waals surface area contributed by atoms with Gasteiger partial charge in [-0.15, -0.1) is 11.3 Å². The summed E-state index contributed by atoms with van der Waals surface area (Å²) in [6.07, 6.45) is 0. The minimum absolute atomic E-state index is 0.0119. The molecule has 1 aromatic heterocycles. The monoisotopic (exact) mass is 364 g/mol. The quantitative estimate of drug-likeness (QED) is 0.874. The Bertz CT molecular complexity index is 788. The van der Waals surface area contributed by atoms with E-state index in [0.29, 0.717) is 9.90 Å². The highest BCUT2D eigenvalue weighted by molar-refractivity contribution is 7.92. The molecule has 0 aliphatic heterocycles. The van der Waals surface area contributed by atoms with Crippen LogP contribution in [0.3, 0.4) is 0 Å². The maximum atomic E-state index is 12.3. The van der Waals surface area contributed by atoms with Gasteiger partial charge < -0.3 is 5.32 Å². The van der Waals surface area contributed by atoms with Crippen molar-refractivity contribution in [3.05, 3.63) is 44.6 Å². The number of carbonyl (C=O) groups is 1. The number of anilines is 1. The van der Waals surface area contributed by atoms with E-state index in [2.05, 4.69) is 10.0 Å². The van der Waals surface area contributed by atoms with E-state index >= 15 is 0 Å². The molecule has 1 amide bonds. The molecular weight excluding hydrogens is 355 g/mol. The van der Waals surface area contributed by atoms with E-state index in [1.54, 1.807) is 6.07 Å². The molecule has 0 atom stereocenters. The first kappa shape index (κ1) is 16.1. The summed E-state index contributed by atoms with van der Waals surface area (Å²) in [5.74, 6) is -0.345. The van der Waals surface area contributed by atoms with Crippen LogP contribution in [0.5, 0.6) is 0 Å². The van der Waals surface area contributed by atoms with Crippen molar-refractivity contribution in [2.75, 3.05) is 11.8 Å². The second-order valence-corrected chi connectivity index (χ2v) is 7.39. The number of thiophene rings is 1. The Morgan fingerprint density at radius 1 is 1.24 bits per heavy atom. The normalized spacial score (nSPS) is 11.2. The molecule has 1 aromatic carbocycles. The van der Waals surface area contributed by atoms with Gasteiger partial charge in [0.05, 0.1) is 20.5 Å². The Hall–Kier alpha value is -1.28. The van der Waals surface area contributed by atoms with Crippen molar-refractivity contribution >= 4 is 56.2 Å². The van der Waals surface area contributed by atoms with E-state index in [0.717, 1.165) is 11.3 Å². The van der Waals surface area contributed by atoms with Crippen LogP contribution in [0.4, 0.5) is 5.69 Å². The molecule has 2 aromatic rings. The molecule has 0 bridgehead atoms. The van der Waals surface area contributed by atoms with Crippen molar-refractivity contribution < 1.29 is 13.2 Å². The summed E-state index contributed by atoms with van der Waals surface area (Å²) in [5, 5.41) is 4.39. The number of benzene rings is 1. The number of amides is 1. The van der Waals surface area contributed by atoms with Crippen molar-refractivity contribution in [3.63, 3.8) is 0 Å². The smallest absolute Gasteiger partial charge is 0.262 e. The topological polar surface area (TPSA) is 75.3 Å². The molecule has 21 heavy (non-hydrogen) atoms. The van der Waals surface area contributed by atoms with Gasteiger partial charge in [0.15, 0.2) is 0 Å². The number of sulfonamides is 1. The van der Waals surface area contributed by atoms with Gasteiger partial charge in [0, 0.05) is 17.5 Å². The molecule has 0 aliphatic carbocycles. The van der Waals surface area contributed by atoms with E-state index in [4.69, 9.17) is 23.2 Å². The van der Waals surface area contributed by atoms with Crippen molar-refractivity contribution in [3.8, 4) is 0 Å². The summed E-state index contributed by atoms with van der Waals surface area (Å²) in [5.41, 5.74) is 0.178. The lowest BCUT2D eigenvalue weighted by Crippen LogP contribution is -2.16. The highest BCUT2D eigenvalue weighted by atomic mass is 35.5. The van der Waals surface area contributed by atoms with E-state index in [1.165, 1.54) is 30.6 Å². The van der Waals surface area contributed by atoms with Crippen LogP contribution in [0.1, 0.15) is 9.67 Å². The van der Waals surface area contributed by atoms with Gasteiger partial charge in [0.1, 0.15) is 0 Å². The van der Waals surface area contributed by atoms with Gasteiger partial charge in [-0.3, -0.25) is 9.52 Å². The zero-order chi connectivity index (χ0) is 15.6. The van der Waals surface area contributed by atoms with Crippen molar-refractivity contribution in [1.82, 2.24) is 5.32 Å². The SMILES string of the molecule is CNC(=O)c1cc(S(=O)(=O)Nc2cc(Cl)ccc2Cl)cs1. The number of carbonyl (C=O) groups excluding carboxylic acids is 1. The molecule has 0 spiro atoms. The van der Waals surface area contributed by atoms with Crippen LogP contribution in [-0.2, 0) is 10.0 Å².